The zero-order valence-electron chi connectivity index (χ0n) is 12.9. The number of amides is 2. The molecule has 2 rings (SSSR count). The van der Waals surface area contributed by atoms with E-state index in [2.05, 4.69) is 5.43 Å². The van der Waals surface area contributed by atoms with Crippen LogP contribution in [-0.2, 0) is 11.0 Å². The van der Waals surface area contributed by atoms with E-state index in [1.165, 1.54) is 30.3 Å². The summed E-state index contributed by atoms with van der Waals surface area (Å²) in [4.78, 5) is 23.7. The average molecular weight is 407 g/mol. The molecule has 0 heterocycles. The number of rotatable bonds is 4. The summed E-state index contributed by atoms with van der Waals surface area (Å²) in [6.45, 7) is -0.746. The summed E-state index contributed by atoms with van der Waals surface area (Å²) in [7, 11) is 0. The molecule has 0 unspecified atom stereocenters. The molecule has 0 aliphatic carbocycles. The van der Waals surface area contributed by atoms with Crippen LogP contribution in [0.15, 0.2) is 42.5 Å². The van der Waals surface area contributed by atoms with Crippen LogP contribution in [-0.4, -0.2) is 18.4 Å². The average Bonchev–Trinajstić information content (AvgIpc) is 2.57. The highest BCUT2D eigenvalue weighted by Gasteiger charge is 2.34. The van der Waals surface area contributed by atoms with E-state index >= 15 is 0 Å². The Balaban J connectivity index is 1.94. The lowest BCUT2D eigenvalue weighted by Crippen LogP contribution is -2.44. The SMILES string of the molecule is O=C(COc1ccccc1C(F)(F)F)NNC(=O)c1c(Cl)cccc1Cl. The van der Waals surface area contributed by atoms with Crippen molar-refractivity contribution in [3.63, 3.8) is 0 Å². The topological polar surface area (TPSA) is 67.4 Å². The molecule has 2 N–H and O–H groups in total. The fourth-order valence-electron chi connectivity index (χ4n) is 1.91. The molecule has 10 heteroatoms. The third-order valence-corrected chi connectivity index (χ3v) is 3.69. The number of alkyl halides is 3. The molecular weight excluding hydrogens is 396 g/mol. The minimum atomic E-state index is -4.62. The van der Waals surface area contributed by atoms with E-state index in [0.717, 1.165) is 12.1 Å². The van der Waals surface area contributed by atoms with Gasteiger partial charge in [-0.1, -0.05) is 41.4 Å². The summed E-state index contributed by atoms with van der Waals surface area (Å²) in [5, 5.41) is 0.138. The van der Waals surface area contributed by atoms with Gasteiger partial charge in [-0.3, -0.25) is 20.4 Å². The van der Waals surface area contributed by atoms with E-state index in [4.69, 9.17) is 27.9 Å². The van der Waals surface area contributed by atoms with Crippen LogP contribution in [0.3, 0.4) is 0 Å². The van der Waals surface area contributed by atoms with Crippen LogP contribution in [0.5, 0.6) is 5.75 Å². The van der Waals surface area contributed by atoms with Crippen molar-refractivity contribution in [3.05, 3.63) is 63.6 Å². The summed E-state index contributed by atoms with van der Waals surface area (Å²) < 4.78 is 43.4. The van der Waals surface area contributed by atoms with E-state index in [-0.39, 0.29) is 15.6 Å². The van der Waals surface area contributed by atoms with Gasteiger partial charge in [-0.2, -0.15) is 13.2 Å². The van der Waals surface area contributed by atoms with Gasteiger partial charge in [-0.05, 0) is 24.3 Å². The van der Waals surface area contributed by atoms with Gasteiger partial charge in [-0.15, -0.1) is 0 Å². The number of carbonyl (C=O) groups excluding carboxylic acids is 2. The van der Waals surface area contributed by atoms with E-state index in [9.17, 15) is 22.8 Å². The van der Waals surface area contributed by atoms with Crippen molar-refractivity contribution in [3.8, 4) is 5.75 Å². The first-order chi connectivity index (χ1) is 12.2. The molecule has 0 bridgehead atoms. The Hall–Kier alpha value is -2.45. The van der Waals surface area contributed by atoms with Gasteiger partial charge in [0, 0.05) is 0 Å². The number of hydrazine groups is 1. The Morgan fingerprint density at radius 2 is 1.58 bits per heavy atom. The lowest BCUT2D eigenvalue weighted by molar-refractivity contribution is -0.139. The van der Waals surface area contributed by atoms with E-state index in [1.54, 1.807) is 0 Å². The zero-order valence-corrected chi connectivity index (χ0v) is 14.4. The Morgan fingerprint density at radius 1 is 0.962 bits per heavy atom. The molecule has 0 saturated carbocycles. The van der Waals surface area contributed by atoms with Gasteiger partial charge in [-0.25, -0.2) is 0 Å². The number of hydrogen-bond donors (Lipinski definition) is 2. The number of benzene rings is 2. The first-order valence-corrected chi connectivity index (χ1v) is 7.78. The maximum Gasteiger partial charge on any atom is 0.419 e. The van der Waals surface area contributed by atoms with Crippen molar-refractivity contribution in [2.75, 3.05) is 6.61 Å². The molecule has 0 spiro atoms. The number of para-hydroxylation sites is 1. The van der Waals surface area contributed by atoms with Gasteiger partial charge in [0.2, 0.25) is 0 Å². The monoisotopic (exact) mass is 406 g/mol. The van der Waals surface area contributed by atoms with E-state index in [0.29, 0.717) is 0 Å². The summed E-state index contributed by atoms with van der Waals surface area (Å²) in [6, 6.07) is 8.84. The van der Waals surface area contributed by atoms with Gasteiger partial charge in [0.05, 0.1) is 21.2 Å². The molecule has 0 saturated heterocycles. The second-order valence-corrected chi connectivity index (χ2v) is 5.70. The second kappa shape index (κ2) is 8.29. The van der Waals surface area contributed by atoms with Crippen LogP contribution < -0.4 is 15.6 Å². The Labute approximate surface area is 156 Å². The maximum atomic E-state index is 12.8. The molecule has 2 amide bonds. The van der Waals surface area contributed by atoms with Crippen molar-refractivity contribution in [1.82, 2.24) is 10.9 Å². The number of ether oxygens (including phenoxy) is 1. The molecule has 0 fully saturated rings. The summed E-state index contributed by atoms with van der Waals surface area (Å²) in [5.41, 5.74) is 2.98. The van der Waals surface area contributed by atoms with Crippen LogP contribution >= 0.6 is 23.2 Å². The van der Waals surface area contributed by atoms with Crippen molar-refractivity contribution >= 4 is 35.0 Å². The van der Waals surface area contributed by atoms with Crippen LogP contribution in [0.2, 0.25) is 10.0 Å². The van der Waals surface area contributed by atoms with Gasteiger partial charge in [0.1, 0.15) is 5.75 Å². The fraction of sp³-hybridized carbons (Fsp3) is 0.125. The molecular formula is C16H11Cl2F3N2O3. The van der Waals surface area contributed by atoms with Gasteiger partial charge >= 0.3 is 6.18 Å². The quantitative estimate of drug-likeness (QED) is 0.757. The number of carbonyl (C=O) groups is 2. The largest absolute Gasteiger partial charge is 0.483 e. The molecule has 2 aromatic rings. The Morgan fingerprint density at radius 3 is 2.19 bits per heavy atom. The number of nitrogens with one attached hydrogen (secondary N) is 2. The summed E-state index contributed by atoms with van der Waals surface area (Å²) in [6.07, 6.45) is -4.62. The molecule has 0 aliphatic rings. The number of hydrogen-bond acceptors (Lipinski definition) is 3. The highest BCUT2D eigenvalue weighted by atomic mass is 35.5. The van der Waals surface area contributed by atoms with Gasteiger partial charge in [0.25, 0.3) is 11.8 Å². The molecule has 0 aliphatic heterocycles. The third-order valence-electron chi connectivity index (χ3n) is 3.06. The normalized spacial score (nSPS) is 11.0. The van der Waals surface area contributed by atoms with Crippen LogP contribution in [0.4, 0.5) is 13.2 Å². The molecule has 2 aromatic carbocycles. The molecule has 0 aromatic heterocycles. The second-order valence-electron chi connectivity index (χ2n) is 4.88. The standard InChI is InChI=1S/C16H11Cl2F3N2O3/c17-10-5-3-6-11(18)14(10)15(25)23-22-13(24)8-26-12-7-2-1-4-9(12)16(19,20)21/h1-7H,8H2,(H,22,24)(H,23,25). The number of halogens is 5. The fourth-order valence-corrected chi connectivity index (χ4v) is 2.48. The molecule has 138 valence electrons. The smallest absolute Gasteiger partial charge is 0.419 e. The predicted molar refractivity (Wildman–Crippen MR) is 89.0 cm³/mol. The third kappa shape index (κ3) is 5.03. The minimum absolute atomic E-state index is 0.0560. The van der Waals surface area contributed by atoms with Crippen molar-refractivity contribution < 1.29 is 27.5 Å². The van der Waals surface area contributed by atoms with E-state index in [1.807, 2.05) is 5.43 Å². The molecule has 26 heavy (non-hydrogen) atoms. The summed E-state index contributed by atoms with van der Waals surface area (Å²) >= 11 is 11.7. The summed E-state index contributed by atoms with van der Waals surface area (Å²) in [5.74, 6) is -2.17. The Kier molecular flexibility index (Phi) is 6.33. The molecule has 0 atom stereocenters. The van der Waals surface area contributed by atoms with Gasteiger partial charge in [0.15, 0.2) is 6.61 Å². The predicted octanol–water partition coefficient (Wildman–Crippen LogP) is 3.85. The lowest BCUT2D eigenvalue weighted by atomic mass is 10.2. The first-order valence-electron chi connectivity index (χ1n) is 7.02. The maximum absolute atomic E-state index is 12.8. The highest BCUT2D eigenvalue weighted by molar-refractivity contribution is 6.39. The van der Waals surface area contributed by atoms with Crippen molar-refractivity contribution in [2.24, 2.45) is 0 Å². The van der Waals surface area contributed by atoms with Crippen molar-refractivity contribution in [2.45, 2.75) is 6.18 Å². The molecule has 5 nitrogen and oxygen atoms in total. The lowest BCUT2D eigenvalue weighted by Gasteiger charge is -2.14. The minimum Gasteiger partial charge on any atom is -0.483 e. The first kappa shape index (κ1) is 19.9. The zero-order chi connectivity index (χ0) is 19.3. The van der Waals surface area contributed by atoms with Crippen LogP contribution in [0.25, 0.3) is 0 Å². The highest BCUT2D eigenvalue weighted by Crippen LogP contribution is 2.35. The van der Waals surface area contributed by atoms with Crippen molar-refractivity contribution in [1.29, 1.82) is 0 Å². The Bertz CT molecular complexity index is 808. The van der Waals surface area contributed by atoms with E-state index < -0.39 is 35.9 Å². The molecule has 0 radical (unpaired) electrons. The van der Waals surface area contributed by atoms with Crippen LogP contribution in [0.1, 0.15) is 15.9 Å². The van der Waals surface area contributed by atoms with Gasteiger partial charge < -0.3 is 4.74 Å². The van der Waals surface area contributed by atoms with Crippen LogP contribution in [0, 0.1) is 0 Å².